The molecule has 1 aliphatic heterocycles. The van der Waals surface area contributed by atoms with Gasteiger partial charge in [-0.05, 0) is 70.0 Å². The van der Waals surface area contributed by atoms with Crippen LogP contribution in [0.25, 0.3) is 0 Å². The lowest BCUT2D eigenvalue weighted by Gasteiger charge is -2.41. The molecule has 150 valence electrons. The number of hydrogen-bond acceptors (Lipinski definition) is 3. The third-order valence-corrected chi connectivity index (χ3v) is 5.50. The van der Waals surface area contributed by atoms with E-state index in [1.165, 1.54) is 19.3 Å². The second kappa shape index (κ2) is 9.56. The van der Waals surface area contributed by atoms with Crippen LogP contribution in [0.4, 0.5) is 0 Å². The number of rotatable bonds is 7. The summed E-state index contributed by atoms with van der Waals surface area (Å²) in [5, 5.41) is 6.49. The first-order valence-electron chi connectivity index (χ1n) is 9.80. The molecular formula is C21H32ClN3O2. The van der Waals surface area contributed by atoms with Crippen LogP contribution in [0.15, 0.2) is 24.3 Å². The second-order valence-corrected chi connectivity index (χ2v) is 8.72. The van der Waals surface area contributed by atoms with Crippen LogP contribution in [-0.4, -0.2) is 47.9 Å². The number of carbonyl (C=O) groups excluding carboxylic acids is 2. The van der Waals surface area contributed by atoms with Crippen LogP contribution >= 0.6 is 11.6 Å². The Kier molecular flexibility index (Phi) is 7.68. The van der Waals surface area contributed by atoms with Crippen LogP contribution in [0, 0.1) is 5.92 Å². The number of amides is 2. The van der Waals surface area contributed by atoms with Crippen molar-refractivity contribution in [3.8, 4) is 0 Å². The largest absolute Gasteiger partial charge is 0.352 e. The highest BCUT2D eigenvalue weighted by Crippen LogP contribution is 2.20. The van der Waals surface area contributed by atoms with Crippen molar-refractivity contribution in [2.45, 2.75) is 58.5 Å². The number of benzene rings is 1. The van der Waals surface area contributed by atoms with Gasteiger partial charge in [0.1, 0.15) is 6.04 Å². The van der Waals surface area contributed by atoms with Gasteiger partial charge in [0.15, 0.2) is 0 Å². The Balaban J connectivity index is 1.95. The molecule has 0 aliphatic carbocycles. The van der Waals surface area contributed by atoms with Crippen molar-refractivity contribution < 1.29 is 9.59 Å². The molecule has 0 aromatic heterocycles. The van der Waals surface area contributed by atoms with Crippen molar-refractivity contribution in [2.75, 3.05) is 19.6 Å². The van der Waals surface area contributed by atoms with E-state index in [1.807, 2.05) is 13.8 Å². The molecule has 27 heavy (non-hydrogen) atoms. The molecule has 2 amide bonds. The van der Waals surface area contributed by atoms with Crippen molar-refractivity contribution in [3.05, 3.63) is 34.9 Å². The van der Waals surface area contributed by atoms with Gasteiger partial charge in [-0.3, -0.25) is 14.5 Å². The molecule has 1 heterocycles. The molecule has 0 spiro atoms. The summed E-state index contributed by atoms with van der Waals surface area (Å²) in [5.41, 5.74) is 0.393. The number of hydrogen-bond donors (Lipinski definition) is 2. The topological polar surface area (TPSA) is 61.4 Å². The molecule has 1 unspecified atom stereocenters. The highest BCUT2D eigenvalue weighted by atomic mass is 35.5. The molecule has 1 fully saturated rings. The monoisotopic (exact) mass is 393 g/mol. The normalized spacial score (nSPS) is 16.8. The summed E-state index contributed by atoms with van der Waals surface area (Å²) in [6, 6.07) is 6.08. The van der Waals surface area contributed by atoms with Gasteiger partial charge in [0.2, 0.25) is 5.91 Å². The first kappa shape index (κ1) is 21.7. The molecule has 1 saturated heterocycles. The number of nitrogens with zero attached hydrogens (tertiary/aromatic N) is 1. The number of likely N-dealkylation sites (tertiary alicyclic amines) is 1. The summed E-state index contributed by atoms with van der Waals surface area (Å²) < 4.78 is 0. The van der Waals surface area contributed by atoms with Crippen molar-refractivity contribution in [2.24, 2.45) is 5.92 Å². The van der Waals surface area contributed by atoms with Crippen LogP contribution in [0.3, 0.4) is 0 Å². The van der Waals surface area contributed by atoms with Gasteiger partial charge in [-0.1, -0.05) is 31.9 Å². The maximum Gasteiger partial charge on any atom is 0.251 e. The summed E-state index contributed by atoms with van der Waals surface area (Å²) >= 11 is 5.87. The van der Waals surface area contributed by atoms with Gasteiger partial charge in [-0.2, -0.15) is 0 Å². The zero-order chi connectivity index (χ0) is 20.0. The zero-order valence-electron chi connectivity index (χ0n) is 16.8. The SMILES string of the molecule is CC(C)C(NC(=O)c1ccc(Cl)cc1)C(=O)NCC(C)(C)N1CCCCC1. The predicted octanol–water partition coefficient (Wildman–Crippen LogP) is 3.48. The smallest absolute Gasteiger partial charge is 0.251 e. The van der Waals surface area contributed by atoms with Crippen LogP contribution in [0.5, 0.6) is 0 Å². The summed E-state index contributed by atoms with van der Waals surface area (Å²) in [6.45, 7) is 10.9. The third-order valence-electron chi connectivity index (χ3n) is 5.25. The maximum absolute atomic E-state index is 12.8. The van der Waals surface area contributed by atoms with Crippen molar-refractivity contribution in [1.29, 1.82) is 0 Å². The molecule has 1 aromatic carbocycles. The Bertz CT molecular complexity index is 637. The van der Waals surface area contributed by atoms with Gasteiger partial charge in [0, 0.05) is 22.7 Å². The fourth-order valence-corrected chi connectivity index (χ4v) is 3.51. The molecule has 1 aromatic rings. The Hall–Kier alpha value is -1.59. The van der Waals surface area contributed by atoms with E-state index in [0.717, 1.165) is 13.1 Å². The third kappa shape index (κ3) is 6.22. The standard InChI is InChI=1S/C21H32ClN3O2/c1-15(2)18(24-19(26)16-8-10-17(22)11-9-16)20(27)23-14-21(3,4)25-12-6-5-7-13-25/h8-11,15,18H,5-7,12-14H2,1-4H3,(H,23,27)(H,24,26). The summed E-state index contributed by atoms with van der Waals surface area (Å²) in [7, 11) is 0. The quantitative estimate of drug-likeness (QED) is 0.745. The number of carbonyl (C=O) groups is 2. The Morgan fingerprint density at radius 2 is 1.70 bits per heavy atom. The van der Waals surface area contributed by atoms with Crippen molar-refractivity contribution >= 4 is 23.4 Å². The van der Waals surface area contributed by atoms with E-state index in [9.17, 15) is 9.59 Å². The lowest BCUT2D eigenvalue weighted by Crippen LogP contribution is -2.57. The fraction of sp³-hybridized carbons (Fsp3) is 0.619. The minimum atomic E-state index is -0.578. The van der Waals surface area contributed by atoms with Crippen molar-refractivity contribution in [3.63, 3.8) is 0 Å². The molecule has 6 heteroatoms. The lowest BCUT2D eigenvalue weighted by atomic mass is 9.97. The number of nitrogens with one attached hydrogen (secondary N) is 2. The first-order valence-corrected chi connectivity index (χ1v) is 10.2. The van der Waals surface area contributed by atoms with Gasteiger partial charge in [-0.25, -0.2) is 0 Å². The molecular weight excluding hydrogens is 362 g/mol. The minimum absolute atomic E-state index is 0.0145. The first-order chi connectivity index (χ1) is 12.7. The van der Waals surface area contributed by atoms with E-state index < -0.39 is 6.04 Å². The molecule has 0 saturated carbocycles. The van der Waals surface area contributed by atoms with Gasteiger partial charge in [-0.15, -0.1) is 0 Å². The van der Waals surface area contributed by atoms with Crippen LogP contribution in [0.2, 0.25) is 5.02 Å². The summed E-state index contributed by atoms with van der Waals surface area (Å²) in [6.07, 6.45) is 3.71. The van der Waals surface area contributed by atoms with E-state index in [2.05, 4.69) is 29.4 Å². The van der Waals surface area contributed by atoms with E-state index >= 15 is 0 Å². The second-order valence-electron chi connectivity index (χ2n) is 8.28. The average molecular weight is 394 g/mol. The van der Waals surface area contributed by atoms with Gasteiger partial charge in [0.25, 0.3) is 5.91 Å². The lowest BCUT2D eigenvalue weighted by molar-refractivity contribution is -0.124. The molecule has 0 bridgehead atoms. The molecule has 2 N–H and O–H groups in total. The van der Waals surface area contributed by atoms with Gasteiger partial charge >= 0.3 is 0 Å². The Labute approximate surface area is 167 Å². The van der Waals surface area contributed by atoms with E-state index in [-0.39, 0.29) is 23.3 Å². The molecule has 1 aliphatic rings. The fourth-order valence-electron chi connectivity index (χ4n) is 3.39. The maximum atomic E-state index is 12.8. The minimum Gasteiger partial charge on any atom is -0.352 e. The van der Waals surface area contributed by atoms with E-state index in [0.29, 0.717) is 17.1 Å². The van der Waals surface area contributed by atoms with Gasteiger partial charge < -0.3 is 10.6 Å². The zero-order valence-corrected chi connectivity index (χ0v) is 17.6. The molecule has 5 nitrogen and oxygen atoms in total. The number of halogens is 1. The summed E-state index contributed by atoms with van der Waals surface area (Å²) in [5.74, 6) is -0.424. The Morgan fingerprint density at radius 1 is 1.11 bits per heavy atom. The van der Waals surface area contributed by atoms with Crippen LogP contribution < -0.4 is 10.6 Å². The molecule has 1 atom stereocenters. The average Bonchev–Trinajstić information content (AvgIpc) is 2.65. The Morgan fingerprint density at radius 3 is 2.26 bits per heavy atom. The van der Waals surface area contributed by atoms with Gasteiger partial charge in [0.05, 0.1) is 0 Å². The summed E-state index contributed by atoms with van der Waals surface area (Å²) in [4.78, 5) is 27.7. The predicted molar refractivity (Wildman–Crippen MR) is 110 cm³/mol. The van der Waals surface area contributed by atoms with Crippen LogP contribution in [0.1, 0.15) is 57.3 Å². The van der Waals surface area contributed by atoms with Crippen molar-refractivity contribution in [1.82, 2.24) is 15.5 Å². The highest BCUT2D eigenvalue weighted by Gasteiger charge is 2.30. The molecule has 0 radical (unpaired) electrons. The van der Waals surface area contributed by atoms with Crippen LogP contribution in [-0.2, 0) is 4.79 Å². The molecule has 2 rings (SSSR count). The highest BCUT2D eigenvalue weighted by molar-refractivity contribution is 6.30. The van der Waals surface area contributed by atoms with E-state index in [4.69, 9.17) is 11.6 Å². The van der Waals surface area contributed by atoms with E-state index in [1.54, 1.807) is 24.3 Å². The number of piperidine rings is 1.